The number of hydrogen-bond acceptors (Lipinski definition) is 2. The van der Waals surface area contributed by atoms with E-state index in [9.17, 15) is 0 Å². The van der Waals surface area contributed by atoms with E-state index in [2.05, 4.69) is 53.4 Å². The molecule has 0 amide bonds. The Kier molecular flexibility index (Phi) is 4.77. The van der Waals surface area contributed by atoms with Gasteiger partial charge in [0.1, 0.15) is 0 Å². The Balaban J connectivity index is 2.17. The zero-order valence-electron chi connectivity index (χ0n) is 12.1. The van der Waals surface area contributed by atoms with E-state index >= 15 is 0 Å². The zero-order valence-corrected chi connectivity index (χ0v) is 12.9. The summed E-state index contributed by atoms with van der Waals surface area (Å²) in [5.74, 6) is 0. The van der Waals surface area contributed by atoms with E-state index in [0.29, 0.717) is 0 Å². The van der Waals surface area contributed by atoms with Crippen molar-refractivity contribution in [3.8, 4) is 0 Å². The molecule has 1 N–H and O–H groups in total. The van der Waals surface area contributed by atoms with E-state index < -0.39 is 0 Å². The predicted molar refractivity (Wildman–Crippen MR) is 84.3 cm³/mol. The van der Waals surface area contributed by atoms with Crippen molar-refractivity contribution < 1.29 is 0 Å². The van der Waals surface area contributed by atoms with Gasteiger partial charge < -0.3 is 14.5 Å². The first-order chi connectivity index (χ1) is 9.17. The lowest BCUT2D eigenvalue weighted by molar-refractivity contribution is 0.293. The lowest BCUT2D eigenvalue weighted by Gasteiger charge is -2.18. The molecule has 4 heteroatoms. The average molecular weight is 277 g/mol. The molecule has 3 nitrogen and oxygen atoms in total. The molecular weight excluding hydrogens is 254 g/mol. The lowest BCUT2D eigenvalue weighted by Crippen LogP contribution is -2.24. The minimum atomic E-state index is 0.837. The van der Waals surface area contributed by atoms with E-state index in [1.54, 1.807) is 0 Å². The van der Waals surface area contributed by atoms with Gasteiger partial charge in [-0.3, -0.25) is 0 Å². The van der Waals surface area contributed by atoms with Gasteiger partial charge in [-0.2, -0.15) is 0 Å². The molecule has 0 aliphatic rings. The van der Waals surface area contributed by atoms with E-state index in [0.717, 1.165) is 42.9 Å². The molecule has 104 valence electrons. The van der Waals surface area contributed by atoms with Crippen molar-refractivity contribution in [3.05, 3.63) is 28.5 Å². The second-order valence-electron chi connectivity index (χ2n) is 4.93. The summed E-state index contributed by atoms with van der Waals surface area (Å²) in [6, 6.07) is 6.31. The Morgan fingerprint density at radius 3 is 2.68 bits per heavy atom. The zero-order chi connectivity index (χ0) is 13.8. The van der Waals surface area contributed by atoms with Gasteiger partial charge in [-0.05, 0) is 56.8 Å². The number of imidazole rings is 1. The number of hydrogen-bond donors (Lipinski definition) is 1. The fraction of sp³-hybridized carbons (Fsp3) is 0.533. The summed E-state index contributed by atoms with van der Waals surface area (Å²) in [5.41, 5.74) is 3.69. The van der Waals surface area contributed by atoms with Crippen LogP contribution in [0, 0.1) is 11.7 Å². The monoisotopic (exact) mass is 277 g/mol. The second-order valence-corrected chi connectivity index (χ2v) is 5.32. The SMILES string of the molecule is CCN(CC)CCCn1c(=S)[nH]c2cccc(C)c21. The molecule has 0 unspecified atom stereocenters. The number of aromatic amines is 1. The van der Waals surface area contributed by atoms with Crippen molar-refractivity contribution in [3.63, 3.8) is 0 Å². The third-order valence-corrected chi connectivity index (χ3v) is 4.07. The van der Waals surface area contributed by atoms with E-state index in [1.165, 1.54) is 11.1 Å². The fourth-order valence-corrected chi connectivity index (χ4v) is 2.90. The van der Waals surface area contributed by atoms with Crippen molar-refractivity contribution >= 4 is 23.3 Å². The van der Waals surface area contributed by atoms with E-state index in [-0.39, 0.29) is 0 Å². The van der Waals surface area contributed by atoms with Crippen LogP contribution in [0.15, 0.2) is 18.2 Å². The van der Waals surface area contributed by atoms with Crippen molar-refractivity contribution in [2.45, 2.75) is 33.7 Å². The molecule has 0 radical (unpaired) electrons. The smallest absolute Gasteiger partial charge is 0.178 e. The van der Waals surface area contributed by atoms with Gasteiger partial charge in [-0.1, -0.05) is 26.0 Å². The van der Waals surface area contributed by atoms with Crippen LogP contribution in [0.4, 0.5) is 0 Å². The molecule has 19 heavy (non-hydrogen) atoms. The number of aromatic nitrogens is 2. The largest absolute Gasteiger partial charge is 0.331 e. The molecule has 0 aliphatic carbocycles. The van der Waals surface area contributed by atoms with Gasteiger partial charge in [0, 0.05) is 6.54 Å². The van der Waals surface area contributed by atoms with Crippen molar-refractivity contribution in [1.29, 1.82) is 0 Å². The van der Waals surface area contributed by atoms with Crippen LogP contribution in [0.1, 0.15) is 25.8 Å². The number of benzene rings is 1. The normalized spacial score (nSPS) is 11.6. The quantitative estimate of drug-likeness (QED) is 0.813. The van der Waals surface area contributed by atoms with Crippen LogP contribution < -0.4 is 0 Å². The van der Waals surface area contributed by atoms with Crippen molar-refractivity contribution in [2.24, 2.45) is 0 Å². The summed E-state index contributed by atoms with van der Waals surface area (Å²) in [6.07, 6.45) is 1.14. The number of fused-ring (bicyclic) bond motifs is 1. The maximum atomic E-state index is 5.44. The molecule has 0 bridgehead atoms. The number of nitrogens with zero attached hydrogens (tertiary/aromatic N) is 2. The summed E-state index contributed by atoms with van der Waals surface area (Å²) < 4.78 is 3.08. The molecular formula is C15H23N3S. The third kappa shape index (κ3) is 3.07. The summed E-state index contributed by atoms with van der Waals surface area (Å²) in [5, 5.41) is 0. The number of H-pyrrole nitrogens is 1. The fourth-order valence-electron chi connectivity index (χ4n) is 2.61. The highest BCUT2D eigenvalue weighted by Gasteiger charge is 2.07. The van der Waals surface area contributed by atoms with Crippen molar-refractivity contribution in [2.75, 3.05) is 19.6 Å². The Morgan fingerprint density at radius 2 is 2.00 bits per heavy atom. The van der Waals surface area contributed by atoms with Crippen LogP contribution in [0.25, 0.3) is 11.0 Å². The summed E-state index contributed by atoms with van der Waals surface area (Å²) in [7, 11) is 0. The van der Waals surface area contributed by atoms with Gasteiger partial charge >= 0.3 is 0 Å². The number of para-hydroxylation sites is 1. The van der Waals surface area contributed by atoms with Crippen LogP contribution >= 0.6 is 12.2 Å². The molecule has 1 heterocycles. The molecule has 0 atom stereocenters. The standard InChI is InChI=1S/C15H23N3S/c1-4-17(5-2)10-7-11-18-14-12(3)8-6-9-13(14)16-15(18)19/h6,8-9H,4-5,7,10-11H2,1-3H3,(H,16,19). The minimum Gasteiger partial charge on any atom is -0.331 e. The first-order valence-electron chi connectivity index (χ1n) is 7.07. The molecule has 2 aromatic rings. The summed E-state index contributed by atoms with van der Waals surface area (Å²) >= 11 is 5.44. The van der Waals surface area contributed by atoms with Crippen LogP contribution in [0.5, 0.6) is 0 Å². The third-order valence-electron chi connectivity index (χ3n) is 3.74. The maximum absolute atomic E-state index is 5.44. The number of nitrogens with one attached hydrogen (secondary N) is 1. The molecule has 0 spiro atoms. The van der Waals surface area contributed by atoms with Gasteiger partial charge in [0.15, 0.2) is 4.77 Å². The average Bonchev–Trinajstić information content (AvgIpc) is 2.72. The molecule has 2 rings (SSSR count). The highest BCUT2D eigenvalue weighted by Crippen LogP contribution is 2.18. The molecule has 0 fully saturated rings. The van der Waals surface area contributed by atoms with Crippen LogP contribution in [-0.4, -0.2) is 34.1 Å². The molecule has 0 saturated carbocycles. The topological polar surface area (TPSA) is 24.0 Å². The summed E-state index contributed by atoms with van der Waals surface area (Å²) in [4.78, 5) is 5.75. The molecule has 0 aliphatic heterocycles. The Bertz CT molecular complexity index is 593. The van der Waals surface area contributed by atoms with E-state index in [4.69, 9.17) is 12.2 Å². The van der Waals surface area contributed by atoms with Gasteiger partial charge in [0.25, 0.3) is 0 Å². The molecule has 0 saturated heterocycles. The number of rotatable bonds is 6. The number of aryl methyl sites for hydroxylation is 2. The summed E-state index contributed by atoms with van der Waals surface area (Å²) in [6.45, 7) is 10.9. The highest BCUT2D eigenvalue weighted by molar-refractivity contribution is 7.71. The second kappa shape index (κ2) is 6.35. The van der Waals surface area contributed by atoms with Gasteiger partial charge in [0.2, 0.25) is 0 Å². The first-order valence-corrected chi connectivity index (χ1v) is 7.48. The molecule has 1 aromatic carbocycles. The van der Waals surface area contributed by atoms with Crippen LogP contribution in [0.3, 0.4) is 0 Å². The van der Waals surface area contributed by atoms with Crippen LogP contribution in [-0.2, 0) is 6.54 Å². The highest BCUT2D eigenvalue weighted by atomic mass is 32.1. The Labute approximate surface area is 120 Å². The van der Waals surface area contributed by atoms with Gasteiger partial charge in [-0.25, -0.2) is 0 Å². The van der Waals surface area contributed by atoms with Gasteiger partial charge in [0.05, 0.1) is 11.0 Å². The first kappa shape index (κ1) is 14.3. The molecule has 1 aromatic heterocycles. The van der Waals surface area contributed by atoms with E-state index in [1.807, 2.05) is 0 Å². The predicted octanol–water partition coefficient (Wildman–Crippen LogP) is 3.74. The van der Waals surface area contributed by atoms with Gasteiger partial charge in [-0.15, -0.1) is 0 Å². The van der Waals surface area contributed by atoms with Crippen LogP contribution in [0.2, 0.25) is 0 Å². The minimum absolute atomic E-state index is 0.837. The Hall–Kier alpha value is -1.13. The maximum Gasteiger partial charge on any atom is 0.178 e. The lowest BCUT2D eigenvalue weighted by atomic mass is 10.2. The Morgan fingerprint density at radius 1 is 1.26 bits per heavy atom. The van der Waals surface area contributed by atoms with Crippen molar-refractivity contribution in [1.82, 2.24) is 14.5 Å².